The van der Waals surface area contributed by atoms with Crippen molar-refractivity contribution in [3.8, 4) is 5.75 Å². The second kappa shape index (κ2) is 11.2. The molecule has 54 heavy (non-hydrogen) atoms. The van der Waals surface area contributed by atoms with E-state index < -0.39 is 45.6 Å². The summed E-state index contributed by atoms with van der Waals surface area (Å²) in [5, 5.41) is 1.11. The lowest BCUT2D eigenvalue weighted by molar-refractivity contribution is -0.217. The van der Waals surface area contributed by atoms with E-state index in [9.17, 15) is 4.79 Å². The summed E-state index contributed by atoms with van der Waals surface area (Å²) in [6.07, 6.45) is 6.14. The van der Waals surface area contributed by atoms with E-state index in [4.69, 9.17) is 18.9 Å². The molecular formula is C43H52N4O7. The topological polar surface area (TPSA) is 114 Å². The summed E-state index contributed by atoms with van der Waals surface area (Å²) in [6.45, 7) is 6.27. The van der Waals surface area contributed by atoms with Crippen molar-refractivity contribution < 1.29 is 33.3 Å². The normalized spacial score (nSPS) is 40.0. The summed E-state index contributed by atoms with van der Waals surface area (Å²) in [5.74, 6) is 0.119. The molecule has 2 aromatic carbocycles. The number of amides is 1. The van der Waals surface area contributed by atoms with Crippen LogP contribution in [0.5, 0.6) is 5.75 Å². The largest absolute Gasteiger partial charge is 0.497 e. The zero-order valence-corrected chi connectivity index (χ0v) is 32.3. The van der Waals surface area contributed by atoms with E-state index in [0.29, 0.717) is 43.9 Å². The molecule has 5 fully saturated rings. The quantitative estimate of drug-likeness (QED) is 0.353. The number of benzene rings is 2. The predicted molar refractivity (Wildman–Crippen MR) is 201 cm³/mol. The summed E-state index contributed by atoms with van der Waals surface area (Å²) >= 11 is 0. The number of hydrogen-bond acceptors (Lipinski definition) is 9. The number of nitrogens with one attached hydrogen (secondary N) is 1. The maximum absolute atomic E-state index is 15.4. The Morgan fingerprint density at radius 1 is 1.02 bits per heavy atom. The van der Waals surface area contributed by atoms with Crippen molar-refractivity contribution in [2.45, 2.75) is 112 Å². The van der Waals surface area contributed by atoms with Crippen LogP contribution in [0.2, 0.25) is 0 Å². The van der Waals surface area contributed by atoms with E-state index in [-0.39, 0.29) is 17.8 Å². The summed E-state index contributed by atoms with van der Waals surface area (Å²) in [4.78, 5) is 55.6. The van der Waals surface area contributed by atoms with Crippen LogP contribution >= 0.6 is 0 Å². The first-order chi connectivity index (χ1) is 26.0. The van der Waals surface area contributed by atoms with Crippen LogP contribution < -0.4 is 9.64 Å². The standard InChI is InChI=1S/C43H52N4O7/c1-7-26-13-12-25-21-40(37(49)52-5,35-29(17-19-46(26)23-25)28-10-8-9-11-31(28)44-35)33-22-41-30-15-14-27(51-4)20-32(30)45(3)36(41)42(38(50)53-6)24-39(2)18-16-34(48)47(33)43(39,41)54-42/h8-11,14-15,20,25-26,33,36,44H,7,12-13,16-19,21-24H2,1-6H3/t25?,26?,33?,36-,39+,40+,41?,42-,43+/m1/s1. The van der Waals surface area contributed by atoms with E-state index in [0.717, 1.165) is 72.2 Å². The number of carbonyl (C=O) groups excluding carboxylic acids is 3. The monoisotopic (exact) mass is 736 g/mol. The van der Waals surface area contributed by atoms with E-state index >= 15 is 9.59 Å². The van der Waals surface area contributed by atoms with Crippen LogP contribution in [0.1, 0.15) is 82.0 Å². The molecule has 0 saturated carbocycles. The molecule has 11 nitrogen and oxygen atoms in total. The number of anilines is 1. The van der Waals surface area contributed by atoms with Gasteiger partial charge in [-0.05, 0) is 80.5 Å². The molecule has 5 unspecified atom stereocenters. The third-order valence-corrected chi connectivity index (χ3v) is 15.6. The molecule has 0 radical (unpaired) electrons. The van der Waals surface area contributed by atoms with Gasteiger partial charge < -0.3 is 33.7 Å². The van der Waals surface area contributed by atoms with Crippen LogP contribution in [0, 0.1) is 11.3 Å². The Labute approximate surface area is 316 Å². The molecule has 0 aliphatic carbocycles. The van der Waals surface area contributed by atoms with E-state index in [1.54, 1.807) is 7.11 Å². The van der Waals surface area contributed by atoms with Gasteiger partial charge in [0, 0.05) is 66.4 Å². The Balaban J connectivity index is 1.28. The third kappa shape index (κ3) is 3.74. The Bertz CT molecular complexity index is 2120. The number of nitrogens with zero attached hydrogens (tertiary/aromatic N) is 3. The number of rotatable bonds is 5. The molecule has 7 aliphatic heterocycles. The highest BCUT2D eigenvalue weighted by Gasteiger charge is 2.93. The Kier molecular flexibility index (Phi) is 7.17. The second-order valence-corrected chi connectivity index (χ2v) is 17.7. The van der Waals surface area contributed by atoms with E-state index in [1.165, 1.54) is 14.2 Å². The lowest BCUT2D eigenvalue weighted by Crippen LogP contribution is -2.72. The van der Waals surface area contributed by atoms with Gasteiger partial charge in [0.2, 0.25) is 5.91 Å². The number of hydrogen-bond donors (Lipinski definition) is 1. The van der Waals surface area contributed by atoms with Crippen molar-refractivity contribution in [3.63, 3.8) is 0 Å². The minimum Gasteiger partial charge on any atom is -0.497 e. The van der Waals surface area contributed by atoms with Crippen LogP contribution in [0.15, 0.2) is 42.5 Å². The van der Waals surface area contributed by atoms with Gasteiger partial charge in [-0.25, -0.2) is 4.79 Å². The number of esters is 2. The summed E-state index contributed by atoms with van der Waals surface area (Å²) < 4.78 is 24.9. The van der Waals surface area contributed by atoms with Crippen LogP contribution in [0.4, 0.5) is 5.69 Å². The third-order valence-electron chi connectivity index (χ3n) is 15.6. The summed E-state index contributed by atoms with van der Waals surface area (Å²) in [5.41, 5.74) is -0.368. The number of piperidine rings is 2. The zero-order valence-electron chi connectivity index (χ0n) is 32.3. The molecule has 7 aliphatic rings. The molecule has 10 atom stereocenters. The Morgan fingerprint density at radius 3 is 2.57 bits per heavy atom. The van der Waals surface area contributed by atoms with Gasteiger partial charge in [0.15, 0.2) is 11.3 Å². The van der Waals surface area contributed by atoms with Crippen LogP contribution in [0.25, 0.3) is 10.9 Å². The maximum Gasteiger partial charge on any atom is 0.340 e. The minimum atomic E-state index is -1.33. The van der Waals surface area contributed by atoms with Gasteiger partial charge in [-0.3, -0.25) is 14.5 Å². The average Bonchev–Trinajstić information content (AvgIpc) is 3.93. The van der Waals surface area contributed by atoms with Crippen molar-refractivity contribution in [3.05, 3.63) is 59.3 Å². The van der Waals surface area contributed by atoms with Crippen LogP contribution in [0.3, 0.4) is 0 Å². The number of fused-ring (bicyclic) bond motifs is 8. The minimum absolute atomic E-state index is 0.0441. The summed E-state index contributed by atoms with van der Waals surface area (Å²) in [7, 11) is 6.61. The van der Waals surface area contributed by atoms with Gasteiger partial charge >= 0.3 is 11.9 Å². The van der Waals surface area contributed by atoms with Crippen LogP contribution in [-0.4, -0.2) is 104 Å². The van der Waals surface area contributed by atoms with Crippen molar-refractivity contribution in [1.29, 1.82) is 0 Å². The number of carbonyl (C=O) groups is 3. The molecule has 10 rings (SSSR count). The molecular weight excluding hydrogens is 684 g/mol. The highest BCUT2D eigenvalue weighted by Crippen LogP contribution is 2.81. The number of methoxy groups -OCH3 is 3. The van der Waals surface area contributed by atoms with Gasteiger partial charge in [-0.1, -0.05) is 38.1 Å². The number of likely N-dealkylation sites (N-methyl/N-ethyl adjacent to an activating group) is 1. The lowest BCUT2D eigenvalue weighted by Gasteiger charge is -2.57. The predicted octanol–water partition coefficient (Wildman–Crippen LogP) is 5.22. The molecule has 286 valence electrons. The van der Waals surface area contributed by atoms with Crippen molar-refractivity contribution in [2.75, 3.05) is 46.4 Å². The van der Waals surface area contributed by atoms with E-state index in [2.05, 4.69) is 52.9 Å². The highest BCUT2D eigenvalue weighted by molar-refractivity contribution is 5.94. The second-order valence-electron chi connectivity index (χ2n) is 17.7. The molecule has 1 N–H and O–H groups in total. The van der Waals surface area contributed by atoms with Crippen molar-refractivity contribution >= 4 is 34.4 Å². The fourth-order valence-electron chi connectivity index (χ4n) is 13.9. The molecule has 4 bridgehead atoms. The molecule has 11 heteroatoms. The number of aromatic nitrogens is 1. The molecule has 3 aromatic rings. The fourth-order valence-corrected chi connectivity index (χ4v) is 13.9. The average molecular weight is 737 g/mol. The maximum atomic E-state index is 15.4. The Hall–Kier alpha value is -4.09. The Morgan fingerprint density at radius 2 is 1.81 bits per heavy atom. The number of ether oxygens (including phenoxy) is 4. The number of para-hydroxylation sites is 1. The SMILES string of the molecule is CCC1CCC2CN1CCc1c([nH]c3ccccc13)[C@@](C(=O)OC)(C1CC34c5ccc(OC)cc5N(C)[C@H]3[C@@]3(C(=O)OC)C[C@]5(C)CCC(=O)N1[C@@]45O3)C2. The van der Waals surface area contributed by atoms with Gasteiger partial charge in [0.1, 0.15) is 11.2 Å². The van der Waals surface area contributed by atoms with E-state index in [1.807, 2.05) is 30.1 Å². The highest BCUT2D eigenvalue weighted by atomic mass is 16.6. The molecule has 1 aromatic heterocycles. The van der Waals surface area contributed by atoms with Crippen LogP contribution in [-0.2, 0) is 45.8 Å². The first kappa shape index (κ1) is 34.4. The smallest absolute Gasteiger partial charge is 0.340 e. The lowest BCUT2D eigenvalue weighted by atomic mass is 9.50. The first-order valence-electron chi connectivity index (χ1n) is 19.9. The number of H-pyrrole nitrogens is 1. The number of aromatic amines is 1. The molecule has 5 saturated heterocycles. The fraction of sp³-hybridized carbons (Fsp3) is 0.605. The zero-order chi connectivity index (χ0) is 37.6. The molecule has 8 heterocycles. The van der Waals surface area contributed by atoms with Gasteiger partial charge in [-0.15, -0.1) is 0 Å². The van der Waals surface area contributed by atoms with Gasteiger partial charge in [0.25, 0.3) is 0 Å². The van der Waals surface area contributed by atoms with Crippen molar-refractivity contribution in [2.24, 2.45) is 11.3 Å². The molecule has 1 amide bonds. The molecule has 2 spiro atoms. The first-order valence-corrected chi connectivity index (χ1v) is 19.9. The van der Waals surface area contributed by atoms with Crippen molar-refractivity contribution in [1.82, 2.24) is 14.8 Å². The summed E-state index contributed by atoms with van der Waals surface area (Å²) in [6, 6.07) is 13.8. The van der Waals surface area contributed by atoms with Gasteiger partial charge in [-0.2, -0.15) is 0 Å². The van der Waals surface area contributed by atoms with Gasteiger partial charge in [0.05, 0.1) is 38.8 Å².